The molecule has 0 radical (unpaired) electrons. The number of benzene rings is 3. The Bertz CT molecular complexity index is 1310. The molecule has 5 rings (SSSR count). The summed E-state index contributed by atoms with van der Waals surface area (Å²) >= 11 is 0. The van der Waals surface area contributed by atoms with Gasteiger partial charge in [0.2, 0.25) is 0 Å². The van der Waals surface area contributed by atoms with Crippen LogP contribution in [0.5, 0.6) is 5.75 Å². The van der Waals surface area contributed by atoms with Crippen LogP contribution >= 0.6 is 0 Å². The first-order valence-electron chi connectivity index (χ1n) is 11.8. The smallest absolute Gasteiger partial charge is 0.267 e. The largest absolute Gasteiger partial charge is 0.489 e. The van der Waals surface area contributed by atoms with E-state index in [2.05, 4.69) is 10.3 Å². The molecule has 1 aliphatic rings. The minimum absolute atomic E-state index is 0.218. The van der Waals surface area contributed by atoms with E-state index in [4.69, 9.17) is 4.74 Å². The molecule has 180 valence electrons. The molecule has 0 saturated carbocycles. The van der Waals surface area contributed by atoms with Crippen molar-refractivity contribution in [1.82, 2.24) is 10.3 Å². The predicted octanol–water partition coefficient (Wildman–Crippen LogP) is 4.78. The maximum atomic E-state index is 14.7. The van der Waals surface area contributed by atoms with E-state index in [9.17, 15) is 14.3 Å². The van der Waals surface area contributed by atoms with Crippen molar-refractivity contribution < 1.29 is 19.0 Å². The third-order valence-corrected chi connectivity index (χ3v) is 6.36. The number of carbonyl (C=O) groups is 1. The fourth-order valence-electron chi connectivity index (χ4n) is 4.36. The highest BCUT2D eigenvalue weighted by molar-refractivity contribution is 5.98. The van der Waals surface area contributed by atoms with Crippen molar-refractivity contribution in [2.24, 2.45) is 0 Å². The summed E-state index contributed by atoms with van der Waals surface area (Å²) in [7, 11) is 0. The number of halogens is 1. The lowest BCUT2D eigenvalue weighted by Crippen LogP contribution is -2.36. The van der Waals surface area contributed by atoms with E-state index in [1.165, 1.54) is 6.07 Å². The number of fused-ring (bicyclic) bond motifs is 1. The van der Waals surface area contributed by atoms with Crippen LogP contribution < -0.4 is 15.0 Å². The van der Waals surface area contributed by atoms with Crippen LogP contribution in [0.2, 0.25) is 0 Å². The van der Waals surface area contributed by atoms with E-state index in [0.29, 0.717) is 55.2 Å². The van der Waals surface area contributed by atoms with Crippen molar-refractivity contribution in [2.45, 2.75) is 32.1 Å². The van der Waals surface area contributed by atoms with E-state index >= 15 is 0 Å². The molecule has 0 bridgehead atoms. The molecule has 0 unspecified atom stereocenters. The van der Waals surface area contributed by atoms with Crippen molar-refractivity contribution in [1.29, 1.82) is 0 Å². The summed E-state index contributed by atoms with van der Waals surface area (Å²) in [4.78, 5) is 17.8. The van der Waals surface area contributed by atoms with Gasteiger partial charge < -0.3 is 25.0 Å². The number of rotatable bonds is 7. The lowest BCUT2D eigenvalue weighted by atomic mass is 10.1. The first-order valence-corrected chi connectivity index (χ1v) is 11.8. The topological polar surface area (TPSA) is 77.6 Å². The lowest BCUT2D eigenvalue weighted by Gasteiger charge is -2.31. The monoisotopic (exact) mass is 473 g/mol. The summed E-state index contributed by atoms with van der Waals surface area (Å²) in [5.74, 6) is 0.137. The number of aromatic nitrogens is 1. The van der Waals surface area contributed by atoms with Gasteiger partial charge in [0.15, 0.2) is 0 Å². The van der Waals surface area contributed by atoms with Crippen LogP contribution in [0.3, 0.4) is 0 Å². The summed E-state index contributed by atoms with van der Waals surface area (Å²) < 4.78 is 20.6. The molecule has 0 spiro atoms. The molecule has 0 aliphatic carbocycles. The fraction of sp³-hybridized carbons (Fsp3) is 0.250. The Balaban J connectivity index is 1.20. The van der Waals surface area contributed by atoms with E-state index in [1.54, 1.807) is 12.1 Å². The third kappa shape index (κ3) is 5.46. The number of nitrogens with zero attached hydrogens (tertiary/aromatic N) is 1. The third-order valence-electron chi connectivity index (χ3n) is 6.36. The van der Waals surface area contributed by atoms with Crippen LogP contribution in [-0.4, -0.2) is 35.2 Å². The number of hydrogen-bond acceptors (Lipinski definition) is 4. The van der Waals surface area contributed by atoms with Crippen LogP contribution in [0.4, 0.5) is 10.1 Å². The Morgan fingerprint density at radius 1 is 1.03 bits per heavy atom. The van der Waals surface area contributed by atoms with Gasteiger partial charge in [-0.05, 0) is 54.3 Å². The molecule has 1 amide bonds. The zero-order valence-electron chi connectivity index (χ0n) is 19.3. The van der Waals surface area contributed by atoms with Crippen molar-refractivity contribution in [2.75, 3.05) is 18.0 Å². The van der Waals surface area contributed by atoms with E-state index in [0.717, 1.165) is 16.5 Å². The molecule has 6 nitrogen and oxygen atoms in total. The SMILES string of the molecule is O=C(NCc1ccc(N2CCC(O)CC2)c(F)c1)c1cc2ccc(OCc3ccccc3)cc2[nH]1. The molecular formula is C28H28FN3O3. The maximum Gasteiger partial charge on any atom is 0.267 e. The van der Waals surface area contributed by atoms with E-state index < -0.39 is 0 Å². The van der Waals surface area contributed by atoms with Gasteiger partial charge in [0.1, 0.15) is 23.9 Å². The molecule has 1 aliphatic heterocycles. The number of aliphatic hydroxyl groups is 1. The Morgan fingerprint density at radius 2 is 1.83 bits per heavy atom. The minimum atomic E-state index is -0.318. The van der Waals surface area contributed by atoms with Crippen molar-refractivity contribution in [3.63, 3.8) is 0 Å². The molecule has 35 heavy (non-hydrogen) atoms. The number of H-pyrrole nitrogens is 1. The van der Waals surface area contributed by atoms with Crippen molar-refractivity contribution in [3.8, 4) is 5.75 Å². The second kappa shape index (κ2) is 10.2. The van der Waals surface area contributed by atoms with Crippen LogP contribution in [-0.2, 0) is 13.2 Å². The molecule has 3 aromatic carbocycles. The fourth-order valence-corrected chi connectivity index (χ4v) is 4.36. The number of amides is 1. The van der Waals surface area contributed by atoms with Gasteiger partial charge in [-0.25, -0.2) is 4.39 Å². The molecule has 2 heterocycles. The van der Waals surface area contributed by atoms with E-state index in [1.807, 2.05) is 59.5 Å². The molecule has 1 fully saturated rings. The molecule has 3 N–H and O–H groups in total. The first-order chi connectivity index (χ1) is 17.0. The second-order valence-electron chi connectivity index (χ2n) is 8.89. The van der Waals surface area contributed by atoms with Crippen LogP contribution in [0.25, 0.3) is 10.9 Å². The Kier molecular flexibility index (Phi) is 6.68. The second-order valence-corrected chi connectivity index (χ2v) is 8.89. The summed E-state index contributed by atoms with van der Waals surface area (Å²) in [6.07, 6.45) is 0.979. The molecular weight excluding hydrogens is 445 g/mol. The number of hydrogen-bond donors (Lipinski definition) is 3. The van der Waals surface area contributed by atoms with Gasteiger partial charge in [-0.2, -0.15) is 0 Å². The zero-order chi connectivity index (χ0) is 24.2. The number of nitrogens with one attached hydrogen (secondary N) is 2. The summed E-state index contributed by atoms with van der Waals surface area (Å²) in [6.45, 7) is 1.95. The van der Waals surface area contributed by atoms with Gasteiger partial charge in [-0.15, -0.1) is 0 Å². The van der Waals surface area contributed by atoms with Gasteiger partial charge >= 0.3 is 0 Å². The highest BCUT2D eigenvalue weighted by atomic mass is 19.1. The number of carbonyl (C=O) groups excluding carboxylic acids is 1. The Hall–Kier alpha value is -3.84. The van der Waals surface area contributed by atoms with Crippen molar-refractivity contribution >= 4 is 22.5 Å². The number of aliphatic hydroxyl groups excluding tert-OH is 1. The van der Waals surface area contributed by atoms with Crippen LogP contribution in [0, 0.1) is 5.82 Å². The average Bonchev–Trinajstić information content (AvgIpc) is 3.31. The maximum absolute atomic E-state index is 14.7. The molecule has 4 aromatic rings. The zero-order valence-corrected chi connectivity index (χ0v) is 19.3. The molecule has 1 saturated heterocycles. The average molecular weight is 474 g/mol. The number of piperidine rings is 1. The highest BCUT2D eigenvalue weighted by Crippen LogP contribution is 2.25. The number of aromatic amines is 1. The van der Waals surface area contributed by atoms with Crippen LogP contribution in [0.15, 0.2) is 72.8 Å². The first kappa shape index (κ1) is 22.9. The Labute approximate surface area is 203 Å². The molecule has 7 heteroatoms. The number of anilines is 1. The molecule has 1 aromatic heterocycles. The predicted molar refractivity (Wildman–Crippen MR) is 134 cm³/mol. The lowest BCUT2D eigenvalue weighted by molar-refractivity contribution is 0.0946. The van der Waals surface area contributed by atoms with Gasteiger partial charge in [-0.3, -0.25) is 4.79 Å². The van der Waals surface area contributed by atoms with E-state index in [-0.39, 0.29) is 24.4 Å². The minimum Gasteiger partial charge on any atom is -0.489 e. The van der Waals surface area contributed by atoms with Gasteiger partial charge in [0.05, 0.1) is 11.8 Å². The van der Waals surface area contributed by atoms with Gasteiger partial charge in [-0.1, -0.05) is 36.4 Å². The standard InChI is InChI=1S/C28H28FN3O3/c29-24-14-20(6-9-27(24)32-12-10-22(33)11-13-32)17-30-28(34)26-15-21-7-8-23(16-25(21)31-26)35-18-19-4-2-1-3-5-19/h1-9,14-16,22,31,33H,10-13,17-18H2,(H,30,34). The summed E-state index contributed by atoms with van der Waals surface area (Å²) in [5.41, 5.74) is 3.54. The quantitative estimate of drug-likeness (QED) is 0.361. The number of ether oxygens (including phenoxy) is 1. The Morgan fingerprint density at radius 3 is 2.60 bits per heavy atom. The highest BCUT2D eigenvalue weighted by Gasteiger charge is 2.20. The van der Waals surface area contributed by atoms with Gasteiger partial charge in [0, 0.05) is 36.6 Å². The summed E-state index contributed by atoms with van der Waals surface area (Å²) in [5, 5.41) is 13.4. The van der Waals surface area contributed by atoms with Crippen LogP contribution in [0.1, 0.15) is 34.5 Å². The van der Waals surface area contributed by atoms with Crippen molar-refractivity contribution in [3.05, 3.63) is 95.4 Å². The molecule has 0 atom stereocenters. The van der Waals surface area contributed by atoms with Gasteiger partial charge in [0.25, 0.3) is 5.91 Å². The summed E-state index contributed by atoms with van der Waals surface area (Å²) in [6, 6.07) is 22.4. The normalized spacial score (nSPS) is 14.3.